The minimum absolute atomic E-state index is 0.0423. The number of rotatable bonds is 4. The molecule has 0 bridgehead atoms. The number of hydrogen-bond acceptors (Lipinski definition) is 4. The Morgan fingerprint density at radius 2 is 1.89 bits per heavy atom. The zero-order valence-corrected chi connectivity index (χ0v) is 9.83. The van der Waals surface area contributed by atoms with Gasteiger partial charge in [0.15, 0.2) is 0 Å². The van der Waals surface area contributed by atoms with Crippen molar-refractivity contribution in [2.75, 3.05) is 18.9 Å². The van der Waals surface area contributed by atoms with Crippen LogP contribution in [0.15, 0.2) is 24.3 Å². The van der Waals surface area contributed by atoms with Crippen LogP contribution in [0.5, 0.6) is 5.75 Å². The lowest BCUT2D eigenvalue weighted by molar-refractivity contribution is -0.141. The van der Waals surface area contributed by atoms with E-state index in [1.165, 1.54) is 4.90 Å². The van der Waals surface area contributed by atoms with Crippen LogP contribution in [0.4, 0.5) is 5.69 Å². The van der Waals surface area contributed by atoms with Crippen LogP contribution in [0.3, 0.4) is 0 Å². The second-order valence-electron chi connectivity index (χ2n) is 4.66. The molecule has 2 unspecified atom stereocenters. The van der Waals surface area contributed by atoms with Crippen molar-refractivity contribution in [1.82, 2.24) is 4.90 Å². The Hall–Kier alpha value is -2.04. The number of nitrogens with two attached hydrogens (primary N) is 1. The number of carbonyl (C=O) groups is 2. The lowest BCUT2D eigenvalue weighted by Crippen LogP contribution is -2.36. The SMILES string of the molecule is Nc1ccccc1OCCN1C(=O)C2CC2C1=O. The van der Waals surface area contributed by atoms with Crippen LogP contribution in [-0.2, 0) is 9.59 Å². The summed E-state index contributed by atoms with van der Waals surface area (Å²) in [6.07, 6.45) is 0.737. The van der Waals surface area contributed by atoms with Gasteiger partial charge in [-0.2, -0.15) is 0 Å². The molecule has 2 N–H and O–H groups in total. The molecule has 1 saturated carbocycles. The quantitative estimate of drug-likeness (QED) is 0.625. The van der Waals surface area contributed by atoms with E-state index in [0.29, 0.717) is 18.0 Å². The average molecular weight is 246 g/mol. The zero-order chi connectivity index (χ0) is 12.7. The van der Waals surface area contributed by atoms with E-state index in [4.69, 9.17) is 10.5 Å². The first-order chi connectivity index (χ1) is 8.68. The summed E-state index contributed by atoms with van der Waals surface area (Å²) in [5.74, 6) is 0.407. The van der Waals surface area contributed by atoms with Gasteiger partial charge >= 0.3 is 0 Å². The van der Waals surface area contributed by atoms with Crippen LogP contribution in [0, 0.1) is 11.8 Å². The first-order valence-electron chi connectivity index (χ1n) is 6.01. The summed E-state index contributed by atoms with van der Waals surface area (Å²) in [5, 5.41) is 0. The van der Waals surface area contributed by atoms with Crippen LogP contribution < -0.4 is 10.5 Å². The van der Waals surface area contributed by atoms with Crippen molar-refractivity contribution in [3.05, 3.63) is 24.3 Å². The number of fused-ring (bicyclic) bond motifs is 1. The summed E-state index contributed by atoms with van der Waals surface area (Å²) < 4.78 is 5.47. The number of nitrogen functional groups attached to an aromatic ring is 1. The first-order valence-corrected chi connectivity index (χ1v) is 6.01. The minimum Gasteiger partial charge on any atom is -0.490 e. The third-order valence-electron chi connectivity index (χ3n) is 3.45. The molecule has 1 aliphatic carbocycles. The lowest BCUT2D eigenvalue weighted by Gasteiger charge is -2.17. The van der Waals surface area contributed by atoms with Gasteiger partial charge in [0.05, 0.1) is 24.1 Å². The molecule has 2 atom stereocenters. The molecule has 2 aliphatic rings. The number of amides is 2. The normalized spacial score (nSPS) is 25.2. The largest absolute Gasteiger partial charge is 0.490 e. The third-order valence-corrected chi connectivity index (χ3v) is 3.45. The Balaban J connectivity index is 1.55. The number of carbonyl (C=O) groups excluding carboxylic acids is 2. The van der Waals surface area contributed by atoms with E-state index in [9.17, 15) is 9.59 Å². The van der Waals surface area contributed by atoms with Crippen molar-refractivity contribution >= 4 is 17.5 Å². The summed E-state index contributed by atoms with van der Waals surface area (Å²) in [4.78, 5) is 24.7. The van der Waals surface area contributed by atoms with Gasteiger partial charge in [0.1, 0.15) is 12.4 Å². The second kappa shape index (κ2) is 4.01. The van der Waals surface area contributed by atoms with Crippen molar-refractivity contribution in [1.29, 1.82) is 0 Å². The maximum absolute atomic E-state index is 11.7. The van der Waals surface area contributed by atoms with Gasteiger partial charge in [0, 0.05) is 0 Å². The molecule has 3 rings (SSSR count). The highest BCUT2D eigenvalue weighted by Crippen LogP contribution is 2.46. The van der Waals surface area contributed by atoms with Gasteiger partial charge in [-0.05, 0) is 18.6 Å². The molecule has 18 heavy (non-hydrogen) atoms. The molecule has 0 radical (unpaired) electrons. The first kappa shape index (κ1) is 11.1. The Morgan fingerprint density at radius 3 is 2.56 bits per heavy atom. The zero-order valence-electron chi connectivity index (χ0n) is 9.83. The summed E-state index contributed by atoms with van der Waals surface area (Å²) >= 11 is 0. The van der Waals surface area contributed by atoms with E-state index in [-0.39, 0.29) is 30.3 Å². The van der Waals surface area contributed by atoms with E-state index >= 15 is 0 Å². The molecule has 1 aliphatic heterocycles. The summed E-state index contributed by atoms with van der Waals surface area (Å²) in [7, 11) is 0. The van der Waals surface area contributed by atoms with Crippen molar-refractivity contribution in [3.63, 3.8) is 0 Å². The molecule has 5 nitrogen and oxygen atoms in total. The lowest BCUT2D eigenvalue weighted by atomic mass is 10.3. The summed E-state index contributed by atoms with van der Waals surface area (Å²) in [6, 6.07) is 7.16. The number of ether oxygens (including phenoxy) is 1. The van der Waals surface area contributed by atoms with E-state index < -0.39 is 0 Å². The molecule has 2 amide bonds. The van der Waals surface area contributed by atoms with Crippen molar-refractivity contribution in [3.8, 4) is 5.75 Å². The van der Waals surface area contributed by atoms with Crippen molar-refractivity contribution in [2.45, 2.75) is 6.42 Å². The van der Waals surface area contributed by atoms with Crippen molar-refractivity contribution < 1.29 is 14.3 Å². The minimum atomic E-state index is -0.0466. The predicted octanol–water partition coefficient (Wildman–Crippen LogP) is 0.652. The number of likely N-dealkylation sites (tertiary alicyclic amines) is 1. The fourth-order valence-electron chi connectivity index (χ4n) is 2.33. The van der Waals surface area contributed by atoms with E-state index in [2.05, 4.69) is 0 Å². The molecule has 0 aromatic heterocycles. The van der Waals surface area contributed by atoms with Crippen LogP contribution in [0.2, 0.25) is 0 Å². The predicted molar refractivity (Wildman–Crippen MR) is 64.7 cm³/mol. The number of para-hydroxylation sites is 2. The summed E-state index contributed by atoms with van der Waals surface area (Å²) in [5.41, 5.74) is 6.28. The third kappa shape index (κ3) is 1.72. The molecule has 2 fully saturated rings. The molecule has 1 saturated heterocycles. The maximum atomic E-state index is 11.7. The highest BCUT2D eigenvalue weighted by Gasteiger charge is 2.58. The highest BCUT2D eigenvalue weighted by atomic mass is 16.5. The van der Waals surface area contributed by atoms with Gasteiger partial charge in [-0.25, -0.2) is 0 Å². The summed E-state index contributed by atoms with van der Waals surface area (Å²) in [6.45, 7) is 0.587. The second-order valence-corrected chi connectivity index (χ2v) is 4.66. The van der Waals surface area contributed by atoms with Crippen LogP contribution in [0.25, 0.3) is 0 Å². The van der Waals surface area contributed by atoms with Crippen molar-refractivity contribution in [2.24, 2.45) is 11.8 Å². The number of anilines is 1. The van der Waals surface area contributed by atoms with E-state index in [1.807, 2.05) is 12.1 Å². The fourth-order valence-corrected chi connectivity index (χ4v) is 2.33. The molecule has 94 valence electrons. The Morgan fingerprint density at radius 1 is 1.22 bits per heavy atom. The molecule has 1 heterocycles. The number of nitrogens with zero attached hydrogens (tertiary/aromatic N) is 1. The Kier molecular flexibility index (Phi) is 2.47. The van der Waals surface area contributed by atoms with Gasteiger partial charge in [-0.1, -0.05) is 12.1 Å². The van der Waals surface area contributed by atoms with Gasteiger partial charge < -0.3 is 10.5 Å². The average Bonchev–Trinajstić information content (AvgIpc) is 3.11. The number of hydrogen-bond donors (Lipinski definition) is 1. The number of imide groups is 1. The topological polar surface area (TPSA) is 72.6 Å². The monoisotopic (exact) mass is 246 g/mol. The Labute approximate surface area is 105 Å². The molecule has 5 heteroatoms. The number of piperidine rings is 1. The van der Waals surface area contributed by atoms with Gasteiger partial charge in [0.2, 0.25) is 11.8 Å². The van der Waals surface area contributed by atoms with Crippen LogP contribution in [-0.4, -0.2) is 29.9 Å². The molecular formula is C13H14N2O3. The standard InChI is InChI=1S/C13H14N2O3/c14-10-3-1-2-4-11(10)18-6-5-15-12(16)8-7-9(8)13(15)17/h1-4,8-9H,5-7,14H2. The molecule has 1 aromatic rings. The maximum Gasteiger partial charge on any atom is 0.233 e. The van der Waals surface area contributed by atoms with Gasteiger partial charge in [0.25, 0.3) is 0 Å². The van der Waals surface area contributed by atoms with Gasteiger partial charge in [-0.3, -0.25) is 14.5 Å². The Bertz CT molecular complexity index is 495. The van der Waals surface area contributed by atoms with Crippen LogP contribution >= 0.6 is 0 Å². The fraction of sp³-hybridized carbons (Fsp3) is 0.385. The number of benzene rings is 1. The highest BCUT2D eigenvalue weighted by molar-refractivity contribution is 6.08. The smallest absolute Gasteiger partial charge is 0.233 e. The van der Waals surface area contributed by atoms with Crippen LogP contribution in [0.1, 0.15) is 6.42 Å². The van der Waals surface area contributed by atoms with Gasteiger partial charge in [-0.15, -0.1) is 0 Å². The molecular weight excluding hydrogens is 232 g/mol. The molecule has 0 spiro atoms. The van der Waals surface area contributed by atoms with E-state index in [0.717, 1.165) is 6.42 Å². The van der Waals surface area contributed by atoms with E-state index in [1.54, 1.807) is 12.1 Å². The molecule has 1 aromatic carbocycles.